The number of rotatable bonds is 19. The van der Waals surface area contributed by atoms with Gasteiger partial charge in [0.2, 0.25) is 41.4 Å². The fraction of sp³-hybridized carbons (Fsp3) is 0.595. The first-order valence-electron chi connectivity index (χ1n) is 22.5. The van der Waals surface area contributed by atoms with Gasteiger partial charge < -0.3 is 76.7 Å². The van der Waals surface area contributed by atoms with Crippen molar-refractivity contribution in [3.63, 3.8) is 0 Å². The lowest BCUT2D eigenvalue weighted by atomic mass is 10.0. The van der Waals surface area contributed by atoms with Gasteiger partial charge in [-0.25, -0.2) is 4.79 Å². The zero-order valence-corrected chi connectivity index (χ0v) is 38.8. The highest BCUT2D eigenvalue weighted by molar-refractivity contribution is 5.97. The number of phenolic OH excluding ortho intramolecular Hbond substituents is 1. The highest BCUT2D eigenvalue weighted by Gasteiger charge is 2.33. The van der Waals surface area contributed by atoms with Crippen molar-refractivity contribution in [2.75, 3.05) is 32.7 Å². The molecule has 26 heteroatoms. The normalized spacial score (nSPS) is 18.3. The smallest absolute Gasteiger partial charge is 0.321 e. The molecule has 2 rings (SSSR count). The average Bonchev–Trinajstić information content (AvgIpc) is 3.26. The van der Waals surface area contributed by atoms with Gasteiger partial charge >= 0.3 is 6.03 Å². The van der Waals surface area contributed by atoms with Crippen molar-refractivity contribution in [3.05, 3.63) is 29.8 Å². The van der Waals surface area contributed by atoms with Crippen molar-refractivity contribution in [2.24, 2.45) is 55.3 Å². The number of benzene rings is 1. The van der Waals surface area contributed by atoms with Crippen LogP contribution in [0.3, 0.4) is 0 Å². The number of carbonyl (C=O) groups is 8. The molecule has 1 aliphatic rings. The van der Waals surface area contributed by atoms with Gasteiger partial charge in [0.1, 0.15) is 36.0 Å². The fourth-order valence-electron chi connectivity index (χ4n) is 6.65. The molecular formula is C42H71N17O9. The molecule has 378 valence electrons. The molecule has 0 radical (unpaired) electrons. The van der Waals surface area contributed by atoms with E-state index in [1.54, 1.807) is 26.0 Å². The summed E-state index contributed by atoms with van der Waals surface area (Å²) in [6, 6.07) is -1.00. The molecule has 0 fully saturated rings. The van der Waals surface area contributed by atoms with Crippen molar-refractivity contribution >= 4 is 65.3 Å². The molecule has 0 aliphatic carbocycles. The number of nitrogens with two attached hydrogens (primary N) is 6. The maximum Gasteiger partial charge on any atom is 0.321 e. The summed E-state index contributed by atoms with van der Waals surface area (Å²) in [5, 5.41) is 30.7. The summed E-state index contributed by atoms with van der Waals surface area (Å²) in [6.07, 6.45) is 1.18. The predicted octanol–water partition coefficient (Wildman–Crippen LogP) is -3.92. The van der Waals surface area contributed by atoms with Crippen molar-refractivity contribution < 1.29 is 43.5 Å². The van der Waals surface area contributed by atoms with E-state index in [9.17, 15) is 43.5 Å². The monoisotopic (exact) mass is 958 g/mol. The van der Waals surface area contributed by atoms with E-state index in [4.69, 9.17) is 34.4 Å². The van der Waals surface area contributed by atoms with Gasteiger partial charge in [0.25, 0.3) is 0 Å². The average molecular weight is 958 g/mol. The Morgan fingerprint density at radius 2 is 1.38 bits per heavy atom. The summed E-state index contributed by atoms with van der Waals surface area (Å²) < 4.78 is 0. The zero-order chi connectivity index (χ0) is 50.6. The van der Waals surface area contributed by atoms with Crippen molar-refractivity contribution in [1.29, 1.82) is 0 Å². The second-order valence-electron chi connectivity index (χ2n) is 16.5. The molecule has 26 nitrogen and oxygen atoms in total. The summed E-state index contributed by atoms with van der Waals surface area (Å²) in [5.74, 6) is -5.77. The van der Waals surface area contributed by atoms with Crippen LogP contribution < -0.4 is 76.9 Å². The molecule has 1 aromatic rings. The number of guanidine groups is 3. The Labute approximate surface area is 395 Å². The minimum Gasteiger partial charge on any atom is -0.508 e. The number of amides is 9. The summed E-state index contributed by atoms with van der Waals surface area (Å²) in [6.45, 7) is 4.37. The molecule has 1 aliphatic heterocycles. The molecule has 21 N–H and O–H groups in total. The van der Waals surface area contributed by atoms with E-state index < -0.39 is 77.6 Å². The molecule has 5 atom stereocenters. The first kappa shape index (κ1) is 56.7. The molecule has 0 saturated carbocycles. The number of phenols is 1. The van der Waals surface area contributed by atoms with Gasteiger partial charge in [0.05, 0.1) is 0 Å². The Balaban J connectivity index is 2.45. The van der Waals surface area contributed by atoms with Crippen LogP contribution >= 0.6 is 0 Å². The minimum absolute atomic E-state index is 0.00423. The third-order valence-corrected chi connectivity index (χ3v) is 10.1. The molecular weight excluding hydrogens is 887 g/mol. The number of aliphatic imine (C=N–C) groups is 3. The number of hydrogen-bond acceptors (Lipinski definition) is 13. The number of urea groups is 1. The Morgan fingerprint density at radius 3 is 2.01 bits per heavy atom. The van der Waals surface area contributed by atoms with Gasteiger partial charge in [-0.15, -0.1) is 0 Å². The van der Waals surface area contributed by atoms with E-state index in [1.165, 1.54) is 12.1 Å². The molecule has 68 heavy (non-hydrogen) atoms. The number of nitrogens with one attached hydrogen (secondary N) is 8. The maximum absolute atomic E-state index is 14.3. The van der Waals surface area contributed by atoms with Gasteiger partial charge in [0, 0.05) is 52.0 Å². The SMILES string of the molecule is CC(C)C[C@H](NC(=O)[C@@H]1CCCN=C(N)NC(=O)NCCCCNC(=O)CCC(=O)N[C@@H](CCCN=C(N)N)C(=O)N1)C(=O)N[C@@H](CCCN=C(N)N)C(=O)N[C@@H](Cc1ccc(O)cc1)C(N)=O. The summed E-state index contributed by atoms with van der Waals surface area (Å²) >= 11 is 0. The van der Waals surface area contributed by atoms with Crippen molar-refractivity contribution in [2.45, 2.75) is 121 Å². The molecule has 0 spiro atoms. The number of aromatic hydroxyl groups is 1. The van der Waals surface area contributed by atoms with E-state index in [2.05, 4.69) is 57.5 Å². The lowest BCUT2D eigenvalue weighted by Gasteiger charge is -2.28. The summed E-state index contributed by atoms with van der Waals surface area (Å²) in [5.41, 5.74) is 34.0. The molecule has 1 aromatic carbocycles. The quantitative estimate of drug-likeness (QED) is 0.0358. The standard InChI is InChI=1S/C42H71N17O9/c1-24(2)22-31(38(67)56-28(9-6-20-51-40(46)47)36(65)57-30(34(43)63)23-25-11-13-26(60)14-12-25)58-37(66)29-10-7-21-52-41(48)59-42(68)53-18-4-3-17-49-32(61)15-16-33(62)54-27(35(64)55-29)8-5-19-50-39(44)45/h11-14,24,27-31,60H,3-10,15-23H2,1-2H3,(H2,43,63)(H,49,61)(H,54,62)(H,55,64)(H,56,67)(H,57,65)(H,58,66)(H4,44,45,50)(H4,46,47,51)(H4,48,52,53,59,68)/t27-,28-,29-,30-,31-/m0/s1. The highest BCUT2D eigenvalue weighted by atomic mass is 16.3. The summed E-state index contributed by atoms with van der Waals surface area (Å²) in [7, 11) is 0. The Hall–Kier alpha value is -7.41. The molecule has 1 heterocycles. The number of carbonyl (C=O) groups excluding carboxylic acids is 8. The van der Waals surface area contributed by atoms with E-state index in [0.717, 1.165) is 0 Å². The van der Waals surface area contributed by atoms with Crippen LogP contribution in [0.1, 0.15) is 90.0 Å². The Bertz CT molecular complexity index is 1940. The van der Waals surface area contributed by atoms with Crippen LogP contribution in [0.5, 0.6) is 5.75 Å². The summed E-state index contributed by atoms with van der Waals surface area (Å²) in [4.78, 5) is 119. The lowest BCUT2D eigenvalue weighted by molar-refractivity contribution is -0.135. The van der Waals surface area contributed by atoms with Crippen LogP contribution in [0, 0.1) is 5.92 Å². The van der Waals surface area contributed by atoms with Gasteiger partial charge in [0.15, 0.2) is 17.9 Å². The largest absolute Gasteiger partial charge is 0.508 e. The lowest BCUT2D eigenvalue weighted by Crippen LogP contribution is -2.59. The van der Waals surface area contributed by atoms with Crippen LogP contribution in [0.2, 0.25) is 0 Å². The molecule has 0 aromatic heterocycles. The van der Waals surface area contributed by atoms with Gasteiger partial charge in [-0.1, -0.05) is 26.0 Å². The van der Waals surface area contributed by atoms with E-state index in [-0.39, 0.29) is 120 Å². The van der Waals surface area contributed by atoms with Crippen LogP contribution in [-0.2, 0) is 40.0 Å². The van der Waals surface area contributed by atoms with Crippen LogP contribution in [0.15, 0.2) is 39.2 Å². The second-order valence-corrected chi connectivity index (χ2v) is 16.5. The fourth-order valence-corrected chi connectivity index (χ4v) is 6.65. The maximum atomic E-state index is 14.3. The van der Waals surface area contributed by atoms with Crippen molar-refractivity contribution in [3.8, 4) is 5.75 Å². The zero-order valence-electron chi connectivity index (χ0n) is 38.8. The molecule has 0 bridgehead atoms. The third kappa shape index (κ3) is 24.2. The minimum atomic E-state index is -1.34. The van der Waals surface area contributed by atoms with E-state index >= 15 is 0 Å². The first-order valence-corrected chi connectivity index (χ1v) is 22.5. The van der Waals surface area contributed by atoms with E-state index in [0.29, 0.717) is 24.9 Å². The van der Waals surface area contributed by atoms with Crippen LogP contribution in [-0.4, -0.2) is 133 Å². The van der Waals surface area contributed by atoms with Crippen LogP contribution in [0.25, 0.3) is 0 Å². The number of nitrogens with zero attached hydrogens (tertiary/aromatic N) is 3. The Kier molecular flexibility index (Phi) is 25.6. The molecule has 0 unspecified atom stereocenters. The highest BCUT2D eigenvalue weighted by Crippen LogP contribution is 2.13. The third-order valence-electron chi connectivity index (χ3n) is 10.1. The predicted molar refractivity (Wildman–Crippen MR) is 254 cm³/mol. The second kappa shape index (κ2) is 30.7. The topological polar surface area (TPSA) is 446 Å². The van der Waals surface area contributed by atoms with Crippen LogP contribution in [0.4, 0.5) is 4.79 Å². The first-order chi connectivity index (χ1) is 32.2. The van der Waals surface area contributed by atoms with Gasteiger partial charge in [-0.2, -0.15) is 0 Å². The number of primary amides is 1. The molecule has 9 amide bonds. The van der Waals surface area contributed by atoms with Gasteiger partial charge in [-0.05, 0) is 81.4 Å². The van der Waals surface area contributed by atoms with Gasteiger partial charge in [-0.3, -0.25) is 53.9 Å². The Morgan fingerprint density at radius 1 is 0.779 bits per heavy atom. The van der Waals surface area contributed by atoms with Crippen molar-refractivity contribution in [1.82, 2.24) is 42.5 Å². The molecule has 0 saturated heterocycles. The number of hydrogen-bond donors (Lipinski definition) is 15. The van der Waals surface area contributed by atoms with E-state index in [1.807, 2.05) is 0 Å².